The molecule has 0 bridgehead atoms. The summed E-state index contributed by atoms with van der Waals surface area (Å²) in [6, 6.07) is 0. The molecule has 1 saturated carbocycles. The summed E-state index contributed by atoms with van der Waals surface area (Å²) in [6.07, 6.45) is 4.03. The molecular formula is C9H15N3S2. The predicted molar refractivity (Wildman–Crippen MR) is 62.3 cm³/mol. The summed E-state index contributed by atoms with van der Waals surface area (Å²) in [5, 5.41) is 11.3. The Hall–Kier alpha value is -0.420. The van der Waals surface area contributed by atoms with Crippen molar-refractivity contribution in [2.45, 2.75) is 38.6 Å². The van der Waals surface area contributed by atoms with Crippen molar-refractivity contribution < 1.29 is 0 Å². The molecule has 1 aromatic rings. The van der Waals surface area contributed by atoms with Crippen molar-refractivity contribution in [3.8, 4) is 0 Å². The lowest BCUT2D eigenvalue weighted by Gasteiger charge is -2.40. The van der Waals surface area contributed by atoms with Gasteiger partial charge in [-0.3, -0.25) is 5.10 Å². The second-order valence-electron chi connectivity index (χ2n) is 4.39. The Balaban J connectivity index is 2.05. The van der Waals surface area contributed by atoms with Crippen LogP contribution in [0.3, 0.4) is 0 Å². The Bertz CT molecular complexity index is 362. The first-order chi connectivity index (χ1) is 6.58. The lowest BCUT2D eigenvalue weighted by atomic mass is 9.73. The van der Waals surface area contributed by atoms with Gasteiger partial charge in [-0.15, -0.1) is 5.10 Å². The Labute approximate surface area is 92.9 Å². The molecule has 0 aromatic carbocycles. The molecule has 0 radical (unpaired) electrons. The van der Waals surface area contributed by atoms with Crippen LogP contribution in [0, 0.1) is 9.87 Å². The minimum atomic E-state index is 0.145. The first-order valence-electron chi connectivity index (χ1n) is 4.91. The summed E-state index contributed by atoms with van der Waals surface area (Å²) in [5.74, 6) is 0.778. The lowest BCUT2D eigenvalue weighted by molar-refractivity contribution is 0.215. The number of nitrogens with one attached hydrogen (secondary N) is 2. The van der Waals surface area contributed by atoms with Crippen LogP contribution in [0.5, 0.6) is 0 Å². The van der Waals surface area contributed by atoms with Gasteiger partial charge in [0, 0.05) is 5.54 Å². The van der Waals surface area contributed by atoms with Crippen molar-refractivity contribution in [1.29, 1.82) is 0 Å². The van der Waals surface area contributed by atoms with Crippen LogP contribution in [-0.4, -0.2) is 15.7 Å². The summed E-state index contributed by atoms with van der Waals surface area (Å²) >= 11 is 6.49. The van der Waals surface area contributed by atoms with E-state index in [0.29, 0.717) is 0 Å². The number of hydrogen-bond donors (Lipinski definition) is 2. The zero-order chi connectivity index (χ0) is 10.2. The average Bonchev–Trinajstić information content (AvgIpc) is 2.28. The van der Waals surface area contributed by atoms with Gasteiger partial charge in [0.2, 0.25) is 5.13 Å². The number of anilines is 1. The van der Waals surface area contributed by atoms with Gasteiger partial charge >= 0.3 is 0 Å². The van der Waals surface area contributed by atoms with Crippen LogP contribution in [0.25, 0.3) is 0 Å². The predicted octanol–water partition coefficient (Wildman–Crippen LogP) is 3.19. The van der Waals surface area contributed by atoms with Gasteiger partial charge in [0.25, 0.3) is 0 Å². The number of aromatic nitrogens is 2. The molecule has 1 heterocycles. The quantitative estimate of drug-likeness (QED) is 0.782. The Morgan fingerprint density at radius 2 is 2.29 bits per heavy atom. The highest BCUT2D eigenvalue weighted by atomic mass is 32.1. The minimum absolute atomic E-state index is 0.145. The molecule has 3 nitrogen and oxygen atoms in total. The average molecular weight is 229 g/mol. The van der Waals surface area contributed by atoms with E-state index in [-0.39, 0.29) is 5.54 Å². The van der Waals surface area contributed by atoms with Crippen molar-refractivity contribution in [2.24, 2.45) is 5.92 Å². The fourth-order valence-electron chi connectivity index (χ4n) is 1.79. The Kier molecular flexibility index (Phi) is 2.62. The van der Waals surface area contributed by atoms with E-state index in [4.69, 9.17) is 12.2 Å². The van der Waals surface area contributed by atoms with Crippen molar-refractivity contribution in [2.75, 3.05) is 5.32 Å². The Morgan fingerprint density at radius 1 is 1.57 bits per heavy atom. The number of aromatic amines is 1. The van der Waals surface area contributed by atoms with Gasteiger partial charge in [0.1, 0.15) is 0 Å². The SMILES string of the molecule is CC(C)(Nc1n[nH]c(=S)s1)C1CCC1. The third kappa shape index (κ3) is 1.98. The number of rotatable bonds is 3. The van der Waals surface area contributed by atoms with Gasteiger partial charge in [-0.1, -0.05) is 17.8 Å². The van der Waals surface area contributed by atoms with Crippen LogP contribution in [0.1, 0.15) is 33.1 Å². The van der Waals surface area contributed by atoms with E-state index in [1.807, 2.05) is 0 Å². The van der Waals surface area contributed by atoms with Crippen molar-refractivity contribution in [1.82, 2.24) is 10.2 Å². The number of nitrogens with zero attached hydrogens (tertiary/aromatic N) is 1. The first kappa shape index (κ1) is 10.1. The van der Waals surface area contributed by atoms with Gasteiger partial charge in [-0.2, -0.15) is 0 Å². The molecule has 14 heavy (non-hydrogen) atoms. The highest BCUT2D eigenvalue weighted by Gasteiger charge is 2.34. The van der Waals surface area contributed by atoms with E-state index in [9.17, 15) is 0 Å². The summed E-state index contributed by atoms with van der Waals surface area (Å²) in [5.41, 5.74) is 0.145. The second-order valence-corrected chi connectivity index (χ2v) is 6.06. The van der Waals surface area contributed by atoms with Gasteiger partial charge in [-0.25, -0.2) is 0 Å². The molecule has 0 amide bonds. The molecule has 1 aliphatic rings. The molecular weight excluding hydrogens is 214 g/mol. The molecule has 78 valence electrons. The third-order valence-corrected chi connectivity index (χ3v) is 4.00. The van der Waals surface area contributed by atoms with E-state index in [1.165, 1.54) is 30.6 Å². The van der Waals surface area contributed by atoms with Gasteiger partial charge in [0.15, 0.2) is 3.95 Å². The van der Waals surface area contributed by atoms with E-state index >= 15 is 0 Å². The largest absolute Gasteiger partial charge is 0.355 e. The minimum Gasteiger partial charge on any atom is -0.355 e. The highest BCUT2D eigenvalue weighted by molar-refractivity contribution is 7.73. The van der Waals surface area contributed by atoms with E-state index in [0.717, 1.165) is 15.0 Å². The molecule has 0 atom stereocenters. The van der Waals surface area contributed by atoms with Gasteiger partial charge < -0.3 is 5.32 Å². The van der Waals surface area contributed by atoms with Crippen LogP contribution in [0.4, 0.5) is 5.13 Å². The van der Waals surface area contributed by atoms with E-state index in [1.54, 1.807) is 0 Å². The van der Waals surface area contributed by atoms with Crippen LogP contribution in [0.2, 0.25) is 0 Å². The van der Waals surface area contributed by atoms with E-state index in [2.05, 4.69) is 29.4 Å². The third-order valence-electron chi connectivity index (χ3n) is 2.99. The van der Waals surface area contributed by atoms with Crippen LogP contribution in [0.15, 0.2) is 0 Å². The van der Waals surface area contributed by atoms with Crippen molar-refractivity contribution in [3.05, 3.63) is 3.95 Å². The maximum Gasteiger partial charge on any atom is 0.204 e. The molecule has 1 fully saturated rings. The molecule has 5 heteroatoms. The molecule has 0 saturated heterocycles. The lowest BCUT2D eigenvalue weighted by Crippen LogP contribution is -2.42. The highest BCUT2D eigenvalue weighted by Crippen LogP contribution is 2.37. The first-order valence-corrected chi connectivity index (χ1v) is 6.14. The summed E-state index contributed by atoms with van der Waals surface area (Å²) in [4.78, 5) is 0. The second kappa shape index (κ2) is 3.62. The topological polar surface area (TPSA) is 40.7 Å². The summed E-state index contributed by atoms with van der Waals surface area (Å²) in [6.45, 7) is 4.47. The van der Waals surface area contributed by atoms with Crippen molar-refractivity contribution in [3.63, 3.8) is 0 Å². The fourth-order valence-corrected chi connectivity index (χ4v) is 2.75. The standard InChI is InChI=1S/C9H15N3S2/c1-9(2,6-4-3-5-6)10-7-11-12-8(13)14-7/h6H,3-5H2,1-2H3,(H,10,11)(H,12,13). The van der Waals surface area contributed by atoms with Crippen LogP contribution in [-0.2, 0) is 0 Å². The van der Waals surface area contributed by atoms with E-state index < -0.39 is 0 Å². The summed E-state index contributed by atoms with van der Waals surface area (Å²) in [7, 11) is 0. The molecule has 2 rings (SSSR count). The molecule has 0 unspecified atom stereocenters. The van der Waals surface area contributed by atoms with Crippen LogP contribution >= 0.6 is 23.6 Å². The van der Waals surface area contributed by atoms with Gasteiger partial charge in [0.05, 0.1) is 0 Å². The normalized spacial score (nSPS) is 17.9. The fraction of sp³-hybridized carbons (Fsp3) is 0.778. The smallest absolute Gasteiger partial charge is 0.204 e. The molecule has 1 aliphatic carbocycles. The molecule has 2 N–H and O–H groups in total. The monoisotopic (exact) mass is 229 g/mol. The maximum atomic E-state index is 4.99. The molecule has 1 aromatic heterocycles. The zero-order valence-corrected chi connectivity index (χ0v) is 10.1. The van der Waals surface area contributed by atoms with Gasteiger partial charge in [-0.05, 0) is 44.8 Å². The zero-order valence-electron chi connectivity index (χ0n) is 8.46. The molecule has 0 spiro atoms. The summed E-state index contributed by atoms with van der Waals surface area (Å²) < 4.78 is 0.733. The van der Waals surface area contributed by atoms with Crippen molar-refractivity contribution >= 4 is 28.7 Å². The number of hydrogen-bond acceptors (Lipinski definition) is 4. The Morgan fingerprint density at radius 3 is 2.71 bits per heavy atom. The van der Waals surface area contributed by atoms with Crippen LogP contribution < -0.4 is 5.32 Å². The number of H-pyrrole nitrogens is 1. The molecule has 0 aliphatic heterocycles. The maximum absolute atomic E-state index is 4.99.